The van der Waals surface area contributed by atoms with Crippen molar-refractivity contribution in [3.05, 3.63) is 29.3 Å². The number of amides is 1. The van der Waals surface area contributed by atoms with Crippen molar-refractivity contribution in [1.29, 1.82) is 0 Å². The maximum atomic E-state index is 12.2. The van der Waals surface area contributed by atoms with E-state index in [1.54, 1.807) is 0 Å². The quantitative estimate of drug-likeness (QED) is 0.741. The SMILES string of the molecule is CCC(C)N(CC(=O)O)C(=O)CCSc1ccccc1Cl. The lowest BCUT2D eigenvalue weighted by atomic mass is 10.2. The number of carboxylic acids is 1. The molecule has 1 N–H and O–H groups in total. The summed E-state index contributed by atoms with van der Waals surface area (Å²) in [6.07, 6.45) is 1.03. The fourth-order valence-electron chi connectivity index (χ4n) is 1.81. The molecule has 1 unspecified atom stereocenters. The number of aliphatic carboxylic acids is 1. The summed E-state index contributed by atoms with van der Waals surface area (Å²) in [5.74, 6) is -0.538. The lowest BCUT2D eigenvalue weighted by molar-refractivity contribution is -0.145. The smallest absolute Gasteiger partial charge is 0.323 e. The van der Waals surface area contributed by atoms with Crippen LogP contribution in [0.5, 0.6) is 0 Å². The average Bonchev–Trinajstić information content (AvgIpc) is 2.45. The zero-order chi connectivity index (χ0) is 15.8. The van der Waals surface area contributed by atoms with Gasteiger partial charge in [-0.05, 0) is 25.5 Å². The van der Waals surface area contributed by atoms with Crippen molar-refractivity contribution in [2.75, 3.05) is 12.3 Å². The Balaban J connectivity index is 2.54. The van der Waals surface area contributed by atoms with Gasteiger partial charge >= 0.3 is 5.97 Å². The topological polar surface area (TPSA) is 57.6 Å². The highest BCUT2D eigenvalue weighted by molar-refractivity contribution is 7.99. The molecular weight excluding hydrogens is 310 g/mol. The molecule has 0 heterocycles. The Labute approximate surface area is 134 Å². The van der Waals surface area contributed by atoms with Crippen LogP contribution in [0.25, 0.3) is 0 Å². The summed E-state index contributed by atoms with van der Waals surface area (Å²) in [6, 6.07) is 7.39. The third-order valence-electron chi connectivity index (χ3n) is 3.16. The average molecular weight is 330 g/mol. The minimum absolute atomic E-state index is 0.0705. The van der Waals surface area contributed by atoms with Gasteiger partial charge in [-0.3, -0.25) is 9.59 Å². The molecule has 0 saturated carbocycles. The Hall–Kier alpha value is -1.20. The summed E-state index contributed by atoms with van der Waals surface area (Å²) in [7, 11) is 0. The second-order valence-electron chi connectivity index (χ2n) is 4.70. The summed E-state index contributed by atoms with van der Waals surface area (Å²) < 4.78 is 0. The van der Waals surface area contributed by atoms with Crippen molar-refractivity contribution in [3.8, 4) is 0 Å². The van der Waals surface area contributed by atoms with Crippen LogP contribution in [0.2, 0.25) is 5.02 Å². The molecular formula is C15H20ClNO3S. The van der Waals surface area contributed by atoms with Crippen LogP contribution in [0, 0.1) is 0 Å². The molecule has 0 spiro atoms. The fourth-order valence-corrected chi connectivity index (χ4v) is 2.99. The van der Waals surface area contributed by atoms with E-state index < -0.39 is 5.97 Å². The number of carboxylic acid groups (broad SMARTS) is 1. The molecule has 1 aromatic rings. The second kappa shape index (κ2) is 8.95. The zero-order valence-electron chi connectivity index (χ0n) is 12.2. The molecule has 0 bridgehead atoms. The van der Waals surface area contributed by atoms with Gasteiger partial charge in [0.05, 0.1) is 5.02 Å². The van der Waals surface area contributed by atoms with E-state index in [1.165, 1.54) is 16.7 Å². The molecule has 0 radical (unpaired) electrons. The van der Waals surface area contributed by atoms with E-state index >= 15 is 0 Å². The first-order valence-electron chi connectivity index (χ1n) is 6.84. The summed E-state index contributed by atoms with van der Waals surface area (Å²) in [5, 5.41) is 9.57. The maximum Gasteiger partial charge on any atom is 0.323 e. The van der Waals surface area contributed by atoms with E-state index in [9.17, 15) is 9.59 Å². The van der Waals surface area contributed by atoms with Gasteiger partial charge in [0.15, 0.2) is 0 Å². The molecule has 0 aliphatic carbocycles. The van der Waals surface area contributed by atoms with Crippen molar-refractivity contribution >= 4 is 35.2 Å². The monoisotopic (exact) mass is 329 g/mol. The molecule has 0 aliphatic rings. The minimum atomic E-state index is -0.984. The minimum Gasteiger partial charge on any atom is -0.480 e. The highest BCUT2D eigenvalue weighted by atomic mass is 35.5. The lowest BCUT2D eigenvalue weighted by Crippen LogP contribution is -2.41. The number of benzene rings is 1. The van der Waals surface area contributed by atoms with Gasteiger partial charge in [-0.25, -0.2) is 0 Å². The Morgan fingerprint density at radius 1 is 1.38 bits per heavy atom. The molecule has 1 atom stereocenters. The van der Waals surface area contributed by atoms with Gasteiger partial charge in [0, 0.05) is 23.1 Å². The number of hydrogen-bond acceptors (Lipinski definition) is 3. The number of rotatable bonds is 8. The molecule has 6 heteroatoms. The van der Waals surface area contributed by atoms with Crippen molar-refractivity contribution in [3.63, 3.8) is 0 Å². The summed E-state index contributed by atoms with van der Waals surface area (Å²) in [4.78, 5) is 25.4. The normalized spacial score (nSPS) is 12.0. The fraction of sp³-hybridized carbons (Fsp3) is 0.467. The van der Waals surface area contributed by atoms with Crippen molar-refractivity contribution in [2.45, 2.75) is 37.6 Å². The molecule has 0 fully saturated rings. The Bertz CT molecular complexity index is 496. The molecule has 4 nitrogen and oxygen atoms in total. The van der Waals surface area contributed by atoms with Crippen LogP contribution in [0.3, 0.4) is 0 Å². The third-order valence-corrected chi connectivity index (χ3v) is 4.68. The molecule has 0 aromatic heterocycles. The first-order chi connectivity index (χ1) is 9.95. The largest absolute Gasteiger partial charge is 0.480 e. The Morgan fingerprint density at radius 3 is 2.62 bits per heavy atom. The number of nitrogens with zero attached hydrogens (tertiary/aromatic N) is 1. The van der Waals surface area contributed by atoms with Gasteiger partial charge in [-0.15, -0.1) is 11.8 Å². The molecule has 1 aromatic carbocycles. The number of carbonyl (C=O) groups is 2. The lowest BCUT2D eigenvalue weighted by Gasteiger charge is -2.27. The first-order valence-corrected chi connectivity index (χ1v) is 8.20. The van der Waals surface area contributed by atoms with Crippen LogP contribution in [0.4, 0.5) is 0 Å². The third kappa shape index (κ3) is 5.98. The standard InChI is InChI=1S/C15H20ClNO3S/c1-3-11(2)17(10-15(19)20)14(18)8-9-21-13-7-5-4-6-12(13)16/h4-7,11H,3,8-10H2,1-2H3,(H,19,20). The van der Waals surface area contributed by atoms with Gasteiger partial charge in [0.1, 0.15) is 6.54 Å². The van der Waals surface area contributed by atoms with E-state index in [-0.39, 0.29) is 18.5 Å². The van der Waals surface area contributed by atoms with Gasteiger partial charge in [-0.1, -0.05) is 30.7 Å². The van der Waals surface area contributed by atoms with E-state index in [1.807, 2.05) is 38.1 Å². The van der Waals surface area contributed by atoms with E-state index in [2.05, 4.69) is 0 Å². The predicted molar refractivity (Wildman–Crippen MR) is 85.9 cm³/mol. The van der Waals surface area contributed by atoms with Crippen LogP contribution in [-0.2, 0) is 9.59 Å². The van der Waals surface area contributed by atoms with E-state index in [0.717, 1.165) is 11.3 Å². The van der Waals surface area contributed by atoms with Crippen LogP contribution in [0.15, 0.2) is 29.2 Å². The molecule has 1 rings (SSSR count). The van der Waals surface area contributed by atoms with Crippen LogP contribution in [-0.4, -0.2) is 40.2 Å². The van der Waals surface area contributed by atoms with Crippen molar-refractivity contribution in [2.24, 2.45) is 0 Å². The number of hydrogen-bond donors (Lipinski definition) is 1. The molecule has 1 amide bonds. The maximum absolute atomic E-state index is 12.2. The summed E-state index contributed by atoms with van der Waals surface area (Å²) in [5.41, 5.74) is 0. The molecule has 0 saturated heterocycles. The van der Waals surface area contributed by atoms with Gasteiger partial charge in [-0.2, -0.15) is 0 Å². The highest BCUT2D eigenvalue weighted by Crippen LogP contribution is 2.27. The van der Waals surface area contributed by atoms with Crippen LogP contribution >= 0.6 is 23.4 Å². The number of carbonyl (C=O) groups excluding carboxylic acids is 1. The van der Waals surface area contributed by atoms with Gasteiger partial charge in [0.25, 0.3) is 0 Å². The van der Waals surface area contributed by atoms with Crippen LogP contribution < -0.4 is 0 Å². The van der Waals surface area contributed by atoms with E-state index in [4.69, 9.17) is 16.7 Å². The zero-order valence-corrected chi connectivity index (χ0v) is 13.8. The van der Waals surface area contributed by atoms with Crippen LogP contribution in [0.1, 0.15) is 26.7 Å². The van der Waals surface area contributed by atoms with Crippen molar-refractivity contribution in [1.82, 2.24) is 4.90 Å². The number of halogens is 1. The second-order valence-corrected chi connectivity index (χ2v) is 6.25. The summed E-state index contributed by atoms with van der Waals surface area (Å²) in [6.45, 7) is 3.55. The molecule has 0 aliphatic heterocycles. The molecule has 116 valence electrons. The molecule has 21 heavy (non-hydrogen) atoms. The highest BCUT2D eigenvalue weighted by Gasteiger charge is 2.21. The van der Waals surface area contributed by atoms with Gasteiger partial charge < -0.3 is 10.0 Å². The van der Waals surface area contributed by atoms with E-state index in [0.29, 0.717) is 17.2 Å². The summed E-state index contributed by atoms with van der Waals surface area (Å²) >= 11 is 7.55. The van der Waals surface area contributed by atoms with Crippen molar-refractivity contribution < 1.29 is 14.7 Å². The first kappa shape index (κ1) is 17.9. The predicted octanol–water partition coefficient (Wildman–Crippen LogP) is 3.53. The number of thioether (sulfide) groups is 1. The Morgan fingerprint density at radius 2 is 2.05 bits per heavy atom. The van der Waals surface area contributed by atoms with Gasteiger partial charge in [0.2, 0.25) is 5.91 Å². The Kier molecular flexibility index (Phi) is 7.61.